The van der Waals surface area contributed by atoms with Crippen LogP contribution < -0.4 is 5.46 Å². The van der Waals surface area contributed by atoms with Gasteiger partial charge in [0.05, 0.1) is 44.7 Å². The van der Waals surface area contributed by atoms with Crippen molar-refractivity contribution in [2.75, 3.05) is 0 Å². The van der Waals surface area contributed by atoms with E-state index in [0.717, 1.165) is 11.1 Å². The van der Waals surface area contributed by atoms with Gasteiger partial charge in [-0.25, -0.2) is 8.78 Å². The summed E-state index contributed by atoms with van der Waals surface area (Å²) < 4.78 is 62.8. The summed E-state index contributed by atoms with van der Waals surface area (Å²) in [7, 11) is -1.56. The maximum Gasteiger partial charge on any atom is 0.495 e. The number of nitriles is 2. The fourth-order valence-electron chi connectivity index (χ4n) is 5.25. The molecule has 2 aromatic rings. The molecular weight excluding hydrogens is 911 g/mol. The highest BCUT2D eigenvalue weighted by Gasteiger charge is 2.63. The van der Waals surface area contributed by atoms with E-state index in [1.54, 1.807) is 13.0 Å². The number of hydrogen-bond acceptors (Lipinski definition) is 8. The topological polar surface area (TPSA) is 103 Å². The summed E-state index contributed by atoms with van der Waals surface area (Å²) in [5.41, 5.74) is 0.0478. The minimum Gasteiger partial charge on any atom is -0.405 e. The van der Waals surface area contributed by atoms with Gasteiger partial charge in [0, 0.05) is 4.47 Å². The molecule has 3 fully saturated rings. The Balaban J connectivity index is 0.000000312. The lowest BCUT2D eigenvalue weighted by Gasteiger charge is -2.32. The zero-order valence-electron chi connectivity index (χ0n) is 40.6. The van der Waals surface area contributed by atoms with Gasteiger partial charge in [0.15, 0.2) is 0 Å². The van der Waals surface area contributed by atoms with Gasteiger partial charge in [-0.3, -0.25) is 0 Å². The van der Waals surface area contributed by atoms with E-state index in [2.05, 4.69) is 117 Å². The van der Waals surface area contributed by atoms with Crippen molar-refractivity contribution in [3.8, 4) is 119 Å². The summed E-state index contributed by atoms with van der Waals surface area (Å²) in [6.45, 7) is 29.3. The third-order valence-corrected chi connectivity index (χ3v) is 12.0. The first-order chi connectivity index (χ1) is 31.1. The highest BCUT2D eigenvalue weighted by atomic mass is 79.9. The Bertz CT molecular complexity index is 2780. The van der Waals surface area contributed by atoms with E-state index in [4.69, 9.17) is 44.9 Å². The molecule has 0 aliphatic carbocycles. The highest BCUT2D eigenvalue weighted by molar-refractivity contribution is 9.10. The molecule has 0 bridgehead atoms. The van der Waals surface area contributed by atoms with E-state index < -0.39 is 44.0 Å². The van der Waals surface area contributed by atoms with Crippen LogP contribution in [0.1, 0.15) is 112 Å². The summed E-state index contributed by atoms with van der Waals surface area (Å²) in [4.78, 5) is 0. The Morgan fingerprint density at radius 1 is 0.478 bits per heavy atom. The van der Waals surface area contributed by atoms with Gasteiger partial charge in [0.1, 0.15) is 23.8 Å². The molecule has 3 aliphatic heterocycles. The Kier molecular flexibility index (Phi) is 20.8. The number of terminal acetylenes is 1. The predicted octanol–water partition coefficient (Wildman–Crippen LogP) is 7.99. The Labute approximate surface area is 407 Å². The molecule has 338 valence electrons. The Hall–Kier alpha value is -6.25. The summed E-state index contributed by atoms with van der Waals surface area (Å²) in [5, 5.41) is 17.2. The lowest BCUT2D eigenvalue weighted by Crippen LogP contribution is -2.41. The van der Waals surface area contributed by atoms with Crippen LogP contribution >= 0.6 is 15.9 Å². The number of hydrogen-bond donors (Lipinski definition) is 0. The van der Waals surface area contributed by atoms with Crippen LogP contribution in [0, 0.1) is 155 Å². The van der Waals surface area contributed by atoms with Gasteiger partial charge in [-0.1, -0.05) is 21.9 Å². The van der Waals surface area contributed by atoms with Crippen molar-refractivity contribution in [2.24, 2.45) is 0 Å². The second-order valence-electron chi connectivity index (χ2n) is 17.6. The first-order valence-electron chi connectivity index (χ1n) is 20.6. The van der Waals surface area contributed by atoms with Crippen molar-refractivity contribution >= 4 is 42.5 Å². The zero-order valence-corrected chi connectivity index (χ0v) is 42.2. The molecular formula is C53H50B3BrF2N2O6. The van der Waals surface area contributed by atoms with Gasteiger partial charge in [-0.05, 0) is 239 Å². The average molecular weight is 961 g/mol. The molecule has 3 heterocycles. The Morgan fingerprint density at radius 2 is 0.776 bits per heavy atom. The molecule has 5 rings (SSSR count). The predicted molar refractivity (Wildman–Crippen MR) is 264 cm³/mol. The molecule has 67 heavy (non-hydrogen) atoms. The molecule has 0 atom stereocenters. The van der Waals surface area contributed by atoms with Crippen LogP contribution in [0.25, 0.3) is 0 Å². The molecule has 0 aromatic heterocycles. The molecule has 0 unspecified atom stereocenters. The highest BCUT2D eigenvalue weighted by Crippen LogP contribution is 2.43. The molecule has 0 spiro atoms. The third kappa shape index (κ3) is 16.2. The van der Waals surface area contributed by atoms with Crippen LogP contribution in [-0.4, -0.2) is 54.7 Å². The van der Waals surface area contributed by atoms with E-state index in [-0.39, 0.29) is 33.5 Å². The SMILES string of the molecule is C#CC#CC#CC#CC#CC#CC#CC#CC#CC.CC1(C)OB(B2OC(C)(C)C(C)(C)O2)OC1(C)C.Cc1cc(C#N)c(F)cc1B1OC(C)(C)C(C)(C)O1.Cc1cc(C#N)c(F)cc1Br. The molecule has 8 nitrogen and oxygen atoms in total. The molecule has 2 aromatic carbocycles. The van der Waals surface area contributed by atoms with Crippen molar-refractivity contribution in [1.29, 1.82) is 10.5 Å². The second-order valence-corrected chi connectivity index (χ2v) is 18.5. The molecule has 3 aliphatic rings. The average Bonchev–Trinajstić information content (AvgIpc) is 3.71. The zero-order chi connectivity index (χ0) is 50.9. The lowest BCUT2D eigenvalue weighted by molar-refractivity contribution is 0.00578. The Morgan fingerprint density at radius 3 is 1.10 bits per heavy atom. The molecule has 14 heteroatoms. The van der Waals surface area contributed by atoms with Crippen LogP contribution in [0.15, 0.2) is 28.7 Å². The summed E-state index contributed by atoms with van der Waals surface area (Å²) in [5.74, 6) is 40.9. The number of halogens is 3. The molecule has 3 saturated heterocycles. The van der Waals surface area contributed by atoms with Crippen LogP contribution in [-0.2, 0) is 27.9 Å². The van der Waals surface area contributed by atoms with Gasteiger partial charge in [0.2, 0.25) is 0 Å². The monoisotopic (exact) mass is 960 g/mol. The summed E-state index contributed by atoms with van der Waals surface area (Å²) in [6, 6.07) is 9.26. The van der Waals surface area contributed by atoms with E-state index in [0.29, 0.717) is 9.94 Å². The number of nitrogens with zero attached hydrogens (tertiary/aromatic N) is 2. The number of aryl methyl sites for hydroxylation is 2. The van der Waals surface area contributed by atoms with Gasteiger partial charge in [-0.2, -0.15) is 10.5 Å². The second kappa shape index (κ2) is 24.5. The van der Waals surface area contributed by atoms with Crippen molar-refractivity contribution < 1.29 is 36.7 Å². The minimum absolute atomic E-state index is 0.0396. The van der Waals surface area contributed by atoms with Gasteiger partial charge >= 0.3 is 21.1 Å². The summed E-state index contributed by atoms with van der Waals surface area (Å²) >= 11 is 3.16. The van der Waals surface area contributed by atoms with Gasteiger partial charge in [0.25, 0.3) is 0 Å². The number of benzene rings is 2. The standard InChI is InChI=1S/C19H4.C14H17BFNO2.C12H24B2O4.C8H5BrFN/c1-3-5-7-9-11-13-15-17-19-18-16-14-12-10-8-6-4-2;1-9-6-10(8-17)12(16)7-11(9)15-18-13(2,3)14(4,5)19-15;1-9(2)10(3,4)16-13(15-9)14-17-11(5,6)12(7,8)18-14;1-5-2-6(4-11)8(10)3-7(5)9/h1H,2H3;6-7H,1-5H3;1-8H3;2-3H,1H3. The van der Waals surface area contributed by atoms with E-state index in [1.165, 1.54) is 24.3 Å². The smallest absolute Gasteiger partial charge is 0.405 e. The first-order valence-corrected chi connectivity index (χ1v) is 21.4. The van der Waals surface area contributed by atoms with Crippen molar-refractivity contribution in [2.45, 2.75) is 137 Å². The van der Waals surface area contributed by atoms with Gasteiger partial charge < -0.3 is 27.9 Å². The number of rotatable bonds is 2. The fourth-order valence-corrected chi connectivity index (χ4v) is 5.57. The molecule has 0 amide bonds. The molecule has 0 saturated carbocycles. The maximum atomic E-state index is 13.7. The van der Waals surface area contributed by atoms with Crippen molar-refractivity contribution in [3.05, 3.63) is 62.6 Å². The van der Waals surface area contributed by atoms with Crippen molar-refractivity contribution in [3.63, 3.8) is 0 Å². The molecule has 0 radical (unpaired) electrons. The van der Waals surface area contributed by atoms with Crippen LogP contribution in [0.2, 0.25) is 0 Å². The first kappa shape index (κ1) is 56.9. The third-order valence-electron chi connectivity index (χ3n) is 11.2. The fraction of sp³-hybridized carbons (Fsp3) is 0.396. The largest absolute Gasteiger partial charge is 0.495 e. The molecule has 0 N–H and O–H groups in total. The summed E-state index contributed by atoms with van der Waals surface area (Å²) in [6.07, 6.45) is 4.89. The van der Waals surface area contributed by atoms with E-state index >= 15 is 0 Å². The van der Waals surface area contributed by atoms with Crippen LogP contribution in [0.5, 0.6) is 0 Å². The van der Waals surface area contributed by atoms with Crippen LogP contribution in [0.3, 0.4) is 0 Å². The quantitative estimate of drug-likeness (QED) is 0.221. The van der Waals surface area contributed by atoms with Crippen molar-refractivity contribution in [1.82, 2.24) is 0 Å². The lowest BCUT2D eigenvalue weighted by atomic mass is 9.49. The van der Waals surface area contributed by atoms with Gasteiger partial charge in [-0.15, -0.1) is 6.42 Å². The maximum absolute atomic E-state index is 13.7. The minimum atomic E-state index is -0.604. The van der Waals surface area contributed by atoms with Crippen LogP contribution in [0.4, 0.5) is 8.78 Å². The van der Waals surface area contributed by atoms with E-state index in [1.807, 2.05) is 103 Å². The normalized spacial score (nSPS) is 17.0. The van der Waals surface area contributed by atoms with E-state index in [9.17, 15) is 8.78 Å².